The molecule has 0 amide bonds. The topological polar surface area (TPSA) is 49.3 Å². The van der Waals surface area contributed by atoms with Crippen LogP contribution in [0.2, 0.25) is 0 Å². The van der Waals surface area contributed by atoms with Crippen LogP contribution in [0, 0.1) is 5.92 Å². The molecule has 1 aliphatic rings. The van der Waals surface area contributed by atoms with Crippen LogP contribution >= 0.6 is 0 Å². The van der Waals surface area contributed by atoms with E-state index < -0.39 is 5.97 Å². The summed E-state index contributed by atoms with van der Waals surface area (Å²) in [6.45, 7) is 3.10. The number of aliphatic carboxylic acids is 1. The second-order valence-corrected chi connectivity index (χ2v) is 3.04. The van der Waals surface area contributed by atoms with Crippen LogP contribution in [0.1, 0.15) is 19.8 Å². The molecule has 0 aromatic rings. The predicted molar refractivity (Wildman–Crippen MR) is 37.8 cm³/mol. The molecule has 58 valence electrons. The first kappa shape index (κ1) is 7.54. The highest BCUT2D eigenvalue weighted by molar-refractivity contribution is 5.67. The van der Waals surface area contributed by atoms with Gasteiger partial charge in [0.1, 0.15) is 0 Å². The molecule has 1 fully saturated rings. The first-order chi connectivity index (χ1) is 4.68. The zero-order chi connectivity index (χ0) is 7.56. The molecule has 2 unspecified atom stereocenters. The number of carboxylic acid groups (broad SMARTS) is 1. The van der Waals surface area contributed by atoms with E-state index >= 15 is 0 Å². The van der Waals surface area contributed by atoms with Crippen molar-refractivity contribution in [2.45, 2.75) is 25.8 Å². The Morgan fingerprint density at radius 3 is 2.90 bits per heavy atom. The minimum atomic E-state index is -0.702. The van der Waals surface area contributed by atoms with E-state index in [0.717, 1.165) is 13.0 Å². The van der Waals surface area contributed by atoms with Crippen molar-refractivity contribution in [3.05, 3.63) is 0 Å². The van der Waals surface area contributed by atoms with Crippen molar-refractivity contribution >= 4 is 5.97 Å². The van der Waals surface area contributed by atoms with Crippen molar-refractivity contribution in [2.24, 2.45) is 5.92 Å². The zero-order valence-corrected chi connectivity index (χ0v) is 6.13. The maximum atomic E-state index is 10.2. The van der Waals surface area contributed by atoms with Gasteiger partial charge >= 0.3 is 5.97 Å². The van der Waals surface area contributed by atoms with Crippen LogP contribution < -0.4 is 5.32 Å². The molecule has 0 saturated carbocycles. The van der Waals surface area contributed by atoms with Gasteiger partial charge < -0.3 is 10.4 Å². The minimum absolute atomic E-state index is 0.215. The Hall–Kier alpha value is -0.570. The molecule has 0 radical (unpaired) electrons. The summed E-state index contributed by atoms with van der Waals surface area (Å²) in [6, 6.07) is 0.215. The van der Waals surface area contributed by atoms with Crippen LogP contribution in [0.4, 0.5) is 0 Å². The van der Waals surface area contributed by atoms with Crippen molar-refractivity contribution in [1.29, 1.82) is 0 Å². The second-order valence-electron chi connectivity index (χ2n) is 3.04. The van der Waals surface area contributed by atoms with E-state index in [9.17, 15) is 4.79 Å². The molecular weight excluding hydrogens is 130 g/mol. The lowest BCUT2D eigenvalue weighted by Crippen LogP contribution is -2.24. The molecule has 3 heteroatoms. The van der Waals surface area contributed by atoms with Gasteiger partial charge in [0.05, 0.1) is 6.42 Å². The minimum Gasteiger partial charge on any atom is -0.481 e. The number of carboxylic acids is 1. The molecule has 1 heterocycles. The van der Waals surface area contributed by atoms with Gasteiger partial charge in [0.25, 0.3) is 0 Å². The lowest BCUT2D eigenvalue weighted by molar-refractivity contribution is -0.137. The van der Waals surface area contributed by atoms with Crippen molar-refractivity contribution in [2.75, 3.05) is 6.54 Å². The standard InChI is InChI=1S/C7H13NO2/c1-5-2-6(8-4-5)3-7(9)10/h5-6,8H,2-4H2,1H3,(H,9,10). The third-order valence-corrected chi connectivity index (χ3v) is 1.86. The summed E-state index contributed by atoms with van der Waals surface area (Å²) < 4.78 is 0. The van der Waals surface area contributed by atoms with Crippen molar-refractivity contribution in [3.8, 4) is 0 Å². The fourth-order valence-corrected chi connectivity index (χ4v) is 1.39. The molecular formula is C7H13NO2. The Morgan fingerprint density at radius 1 is 1.80 bits per heavy atom. The average Bonchev–Trinajstić information content (AvgIpc) is 2.13. The quantitative estimate of drug-likeness (QED) is 0.590. The van der Waals surface area contributed by atoms with E-state index in [4.69, 9.17) is 5.11 Å². The van der Waals surface area contributed by atoms with Crippen LogP contribution in [0.5, 0.6) is 0 Å². The molecule has 1 rings (SSSR count). The summed E-state index contributed by atoms with van der Waals surface area (Å²) in [6.07, 6.45) is 1.27. The molecule has 3 nitrogen and oxygen atoms in total. The first-order valence-corrected chi connectivity index (χ1v) is 3.63. The lowest BCUT2D eigenvalue weighted by Gasteiger charge is -2.04. The molecule has 0 spiro atoms. The van der Waals surface area contributed by atoms with Crippen LogP contribution in [-0.2, 0) is 4.79 Å². The number of hydrogen-bond acceptors (Lipinski definition) is 2. The molecule has 0 aromatic carbocycles. The van der Waals surface area contributed by atoms with Gasteiger partial charge in [-0.1, -0.05) is 6.92 Å². The third-order valence-electron chi connectivity index (χ3n) is 1.86. The molecule has 1 aliphatic heterocycles. The molecule has 2 N–H and O–H groups in total. The fraction of sp³-hybridized carbons (Fsp3) is 0.857. The predicted octanol–water partition coefficient (Wildman–Crippen LogP) is 0.459. The number of carbonyl (C=O) groups is 1. The van der Waals surface area contributed by atoms with E-state index in [1.54, 1.807) is 0 Å². The molecule has 1 saturated heterocycles. The van der Waals surface area contributed by atoms with Crippen molar-refractivity contribution < 1.29 is 9.90 Å². The smallest absolute Gasteiger partial charge is 0.304 e. The van der Waals surface area contributed by atoms with Gasteiger partial charge in [-0.25, -0.2) is 0 Å². The Balaban J connectivity index is 2.24. The first-order valence-electron chi connectivity index (χ1n) is 3.63. The summed E-state index contributed by atoms with van der Waals surface area (Å²) in [5, 5.41) is 11.6. The fourth-order valence-electron chi connectivity index (χ4n) is 1.39. The summed E-state index contributed by atoms with van der Waals surface area (Å²) in [7, 11) is 0. The maximum Gasteiger partial charge on any atom is 0.304 e. The summed E-state index contributed by atoms with van der Waals surface area (Å²) >= 11 is 0. The summed E-state index contributed by atoms with van der Waals surface area (Å²) in [5.41, 5.74) is 0. The van der Waals surface area contributed by atoms with Gasteiger partial charge in [-0.3, -0.25) is 4.79 Å². The van der Waals surface area contributed by atoms with Gasteiger partial charge in [0, 0.05) is 6.04 Å². The highest BCUT2D eigenvalue weighted by Gasteiger charge is 2.22. The maximum absolute atomic E-state index is 10.2. The molecule has 0 bridgehead atoms. The molecule has 0 aromatic heterocycles. The second kappa shape index (κ2) is 3.01. The van der Waals surface area contributed by atoms with Gasteiger partial charge in [0.15, 0.2) is 0 Å². The van der Waals surface area contributed by atoms with Crippen LogP contribution in [0.25, 0.3) is 0 Å². The number of nitrogens with one attached hydrogen (secondary N) is 1. The highest BCUT2D eigenvalue weighted by Crippen LogP contribution is 2.14. The Labute approximate surface area is 60.4 Å². The monoisotopic (exact) mass is 143 g/mol. The normalized spacial score (nSPS) is 32.5. The Kier molecular flexibility index (Phi) is 2.27. The lowest BCUT2D eigenvalue weighted by atomic mass is 10.1. The van der Waals surface area contributed by atoms with E-state index in [1.807, 2.05) is 0 Å². The van der Waals surface area contributed by atoms with Gasteiger partial charge in [-0.15, -0.1) is 0 Å². The Morgan fingerprint density at radius 2 is 2.50 bits per heavy atom. The summed E-state index contributed by atoms with van der Waals surface area (Å²) in [4.78, 5) is 10.2. The largest absolute Gasteiger partial charge is 0.481 e. The van der Waals surface area contributed by atoms with Gasteiger partial charge in [0.2, 0.25) is 0 Å². The highest BCUT2D eigenvalue weighted by atomic mass is 16.4. The zero-order valence-electron chi connectivity index (χ0n) is 6.13. The molecule has 10 heavy (non-hydrogen) atoms. The molecule has 0 aliphatic carbocycles. The number of hydrogen-bond donors (Lipinski definition) is 2. The van der Waals surface area contributed by atoms with Crippen LogP contribution in [0.15, 0.2) is 0 Å². The van der Waals surface area contributed by atoms with Crippen LogP contribution in [-0.4, -0.2) is 23.7 Å². The molecule has 2 atom stereocenters. The summed E-state index contributed by atoms with van der Waals surface area (Å²) in [5.74, 6) is -0.0593. The van der Waals surface area contributed by atoms with Gasteiger partial charge in [-0.2, -0.15) is 0 Å². The van der Waals surface area contributed by atoms with E-state index in [-0.39, 0.29) is 12.5 Å². The third kappa shape index (κ3) is 1.99. The van der Waals surface area contributed by atoms with Gasteiger partial charge in [-0.05, 0) is 18.9 Å². The Bertz CT molecular complexity index is 136. The van der Waals surface area contributed by atoms with Crippen LogP contribution in [0.3, 0.4) is 0 Å². The SMILES string of the molecule is CC1CNC(CC(=O)O)C1. The van der Waals surface area contributed by atoms with Crippen molar-refractivity contribution in [1.82, 2.24) is 5.32 Å². The van der Waals surface area contributed by atoms with E-state index in [0.29, 0.717) is 5.92 Å². The average molecular weight is 143 g/mol. The van der Waals surface area contributed by atoms with E-state index in [2.05, 4.69) is 12.2 Å². The van der Waals surface area contributed by atoms with Crippen molar-refractivity contribution in [3.63, 3.8) is 0 Å². The number of rotatable bonds is 2. The van der Waals surface area contributed by atoms with E-state index in [1.165, 1.54) is 0 Å².